The second-order valence-corrected chi connectivity index (χ2v) is 4.46. The molecule has 0 aliphatic carbocycles. The van der Waals surface area contributed by atoms with E-state index in [2.05, 4.69) is 0 Å². The fraction of sp³-hybridized carbons (Fsp3) is 0.200. The number of nitrogens with two attached hydrogens (primary N) is 1. The monoisotopic (exact) mass is 279 g/mol. The molecule has 5 heteroatoms. The second kappa shape index (κ2) is 5.46. The maximum absolute atomic E-state index is 14.0. The van der Waals surface area contributed by atoms with Gasteiger partial charge in [0.1, 0.15) is 23.5 Å². The van der Waals surface area contributed by atoms with Crippen molar-refractivity contribution >= 4 is 5.69 Å². The number of aliphatic hydroxyl groups is 1. The van der Waals surface area contributed by atoms with Crippen molar-refractivity contribution in [3.05, 3.63) is 58.7 Å². The summed E-state index contributed by atoms with van der Waals surface area (Å²) in [5.74, 6) is -1.25. The fourth-order valence-electron chi connectivity index (χ4n) is 2.06. The highest BCUT2D eigenvalue weighted by atomic mass is 19.1. The minimum absolute atomic E-state index is 0.155. The van der Waals surface area contributed by atoms with Crippen molar-refractivity contribution < 1.29 is 18.6 Å². The number of nitrogen functional groups attached to an aromatic ring is 1. The molecule has 106 valence electrons. The Hall–Kier alpha value is -2.14. The molecule has 1 atom stereocenters. The van der Waals surface area contributed by atoms with Gasteiger partial charge >= 0.3 is 0 Å². The molecule has 2 aromatic rings. The lowest BCUT2D eigenvalue weighted by atomic mass is 9.97. The van der Waals surface area contributed by atoms with Gasteiger partial charge in [-0.3, -0.25) is 0 Å². The van der Waals surface area contributed by atoms with Crippen molar-refractivity contribution in [2.75, 3.05) is 12.8 Å². The molecule has 0 spiro atoms. The summed E-state index contributed by atoms with van der Waals surface area (Å²) in [6.45, 7) is 1.50. The first kappa shape index (κ1) is 14.3. The van der Waals surface area contributed by atoms with Crippen LogP contribution in [0, 0.1) is 18.6 Å². The summed E-state index contributed by atoms with van der Waals surface area (Å²) < 4.78 is 32.9. The number of hydrogen-bond acceptors (Lipinski definition) is 3. The molecule has 20 heavy (non-hydrogen) atoms. The molecule has 0 aromatic heterocycles. The first-order valence-corrected chi connectivity index (χ1v) is 6.02. The summed E-state index contributed by atoms with van der Waals surface area (Å²) >= 11 is 0. The largest absolute Gasteiger partial charge is 0.495 e. The number of para-hydroxylation sites is 1. The average Bonchev–Trinajstić information content (AvgIpc) is 2.43. The molecule has 2 aromatic carbocycles. The average molecular weight is 279 g/mol. The summed E-state index contributed by atoms with van der Waals surface area (Å²) in [5, 5.41) is 10.3. The SMILES string of the molecule is COc1cccc(C(O)c2c(F)ccc(C)c2F)c1N. The summed E-state index contributed by atoms with van der Waals surface area (Å²) in [5.41, 5.74) is 6.04. The number of methoxy groups -OCH3 is 1. The molecule has 0 fully saturated rings. The number of hydrogen-bond donors (Lipinski definition) is 2. The molecule has 0 radical (unpaired) electrons. The van der Waals surface area contributed by atoms with E-state index in [0.29, 0.717) is 5.75 Å². The minimum atomic E-state index is -1.50. The lowest BCUT2D eigenvalue weighted by Crippen LogP contribution is -2.10. The molecule has 3 nitrogen and oxygen atoms in total. The van der Waals surface area contributed by atoms with E-state index in [1.165, 1.54) is 26.2 Å². The van der Waals surface area contributed by atoms with Crippen molar-refractivity contribution in [2.24, 2.45) is 0 Å². The maximum atomic E-state index is 14.0. The van der Waals surface area contributed by atoms with E-state index in [0.717, 1.165) is 6.07 Å². The van der Waals surface area contributed by atoms with E-state index < -0.39 is 23.3 Å². The Bertz CT molecular complexity index is 644. The van der Waals surface area contributed by atoms with E-state index in [1.54, 1.807) is 12.1 Å². The Morgan fingerprint density at radius 1 is 1.20 bits per heavy atom. The topological polar surface area (TPSA) is 55.5 Å². The van der Waals surface area contributed by atoms with Crippen molar-refractivity contribution in [1.29, 1.82) is 0 Å². The predicted octanol–water partition coefficient (Wildman–Crippen LogP) is 2.95. The van der Waals surface area contributed by atoms with Gasteiger partial charge in [-0.05, 0) is 24.6 Å². The zero-order chi connectivity index (χ0) is 14.9. The van der Waals surface area contributed by atoms with Gasteiger partial charge < -0.3 is 15.6 Å². The van der Waals surface area contributed by atoms with Crippen LogP contribution in [0.4, 0.5) is 14.5 Å². The zero-order valence-corrected chi connectivity index (χ0v) is 11.2. The summed E-state index contributed by atoms with van der Waals surface area (Å²) in [6, 6.07) is 7.14. The number of rotatable bonds is 3. The van der Waals surface area contributed by atoms with Crippen LogP contribution >= 0.6 is 0 Å². The minimum Gasteiger partial charge on any atom is -0.495 e. The molecule has 0 amide bonds. The first-order valence-electron chi connectivity index (χ1n) is 6.02. The highest BCUT2D eigenvalue weighted by Gasteiger charge is 2.23. The van der Waals surface area contributed by atoms with Gasteiger partial charge in [0.2, 0.25) is 0 Å². The molecule has 0 saturated carbocycles. The van der Waals surface area contributed by atoms with Crippen molar-refractivity contribution in [2.45, 2.75) is 13.0 Å². The molecule has 0 bridgehead atoms. The van der Waals surface area contributed by atoms with Crippen molar-refractivity contribution in [3.8, 4) is 5.75 Å². The number of ether oxygens (including phenoxy) is 1. The smallest absolute Gasteiger partial charge is 0.142 e. The molecule has 0 aliphatic rings. The zero-order valence-electron chi connectivity index (χ0n) is 11.2. The molecule has 3 N–H and O–H groups in total. The summed E-state index contributed by atoms with van der Waals surface area (Å²) in [6.07, 6.45) is -1.50. The summed E-state index contributed by atoms with van der Waals surface area (Å²) in [4.78, 5) is 0. The Morgan fingerprint density at radius 2 is 1.90 bits per heavy atom. The van der Waals surface area contributed by atoms with E-state index in [-0.39, 0.29) is 16.8 Å². The van der Waals surface area contributed by atoms with Crippen LogP contribution in [0.2, 0.25) is 0 Å². The number of aryl methyl sites for hydroxylation is 1. The molecule has 0 aliphatic heterocycles. The second-order valence-electron chi connectivity index (χ2n) is 4.46. The Labute approximate surface area is 115 Å². The van der Waals surface area contributed by atoms with Crippen LogP contribution in [-0.4, -0.2) is 12.2 Å². The quantitative estimate of drug-likeness (QED) is 0.849. The van der Waals surface area contributed by atoms with Crippen molar-refractivity contribution in [3.63, 3.8) is 0 Å². The van der Waals surface area contributed by atoms with Gasteiger partial charge in [0.25, 0.3) is 0 Å². The normalized spacial score (nSPS) is 12.2. The Kier molecular flexibility index (Phi) is 3.90. The van der Waals surface area contributed by atoms with Gasteiger partial charge in [0, 0.05) is 5.56 Å². The highest BCUT2D eigenvalue weighted by Crippen LogP contribution is 2.35. The molecule has 1 unspecified atom stereocenters. The van der Waals surface area contributed by atoms with Gasteiger partial charge in [0.05, 0.1) is 18.4 Å². The van der Waals surface area contributed by atoms with Gasteiger partial charge in [-0.25, -0.2) is 8.78 Å². The Morgan fingerprint density at radius 3 is 2.55 bits per heavy atom. The summed E-state index contributed by atoms with van der Waals surface area (Å²) in [7, 11) is 1.43. The number of benzene rings is 2. The van der Waals surface area contributed by atoms with Crippen LogP contribution in [0.3, 0.4) is 0 Å². The van der Waals surface area contributed by atoms with Crippen molar-refractivity contribution in [1.82, 2.24) is 0 Å². The lowest BCUT2D eigenvalue weighted by Gasteiger charge is -2.17. The molecule has 2 rings (SSSR count). The van der Waals surface area contributed by atoms with Crippen LogP contribution in [0.5, 0.6) is 5.75 Å². The third-order valence-electron chi connectivity index (χ3n) is 3.21. The third kappa shape index (κ3) is 2.32. The number of anilines is 1. The van der Waals surface area contributed by atoms with Gasteiger partial charge in [-0.15, -0.1) is 0 Å². The standard InChI is InChI=1S/C15H15F2NO2/c1-8-6-7-10(16)12(13(8)17)15(19)9-4-3-5-11(20-2)14(9)18/h3-7,15,19H,18H2,1-2H3. The third-order valence-corrected chi connectivity index (χ3v) is 3.21. The number of halogens is 2. The van der Waals surface area contributed by atoms with Crippen LogP contribution < -0.4 is 10.5 Å². The predicted molar refractivity (Wildman–Crippen MR) is 72.6 cm³/mol. The van der Waals surface area contributed by atoms with Crippen LogP contribution in [-0.2, 0) is 0 Å². The fourth-order valence-corrected chi connectivity index (χ4v) is 2.06. The molecule has 0 saturated heterocycles. The number of aliphatic hydroxyl groups excluding tert-OH is 1. The van der Waals surface area contributed by atoms with Crippen LogP contribution in [0.15, 0.2) is 30.3 Å². The molecule has 0 heterocycles. The van der Waals surface area contributed by atoms with E-state index in [1.807, 2.05) is 0 Å². The van der Waals surface area contributed by atoms with Crippen LogP contribution in [0.1, 0.15) is 22.8 Å². The molecular weight excluding hydrogens is 264 g/mol. The van der Waals surface area contributed by atoms with Gasteiger partial charge in [-0.2, -0.15) is 0 Å². The molecular formula is C15H15F2NO2. The van der Waals surface area contributed by atoms with E-state index in [4.69, 9.17) is 10.5 Å². The first-order chi connectivity index (χ1) is 9.47. The lowest BCUT2D eigenvalue weighted by molar-refractivity contribution is 0.209. The van der Waals surface area contributed by atoms with Crippen LogP contribution in [0.25, 0.3) is 0 Å². The van der Waals surface area contributed by atoms with Gasteiger partial charge in [-0.1, -0.05) is 18.2 Å². The Balaban J connectivity index is 2.58. The highest BCUT2D eigenvalue weighted by molar-refractivity contribution is 5.60. The van der Waals surface area contributed by atoms with E-state index in [9.17, 15) is 13.9 Å². The van der Waals surface area contributed by atoms with Gasteiger partial charge in [0.15, 0.2) is 0 Å². The maximum Gasteiger partial charge on any atom is 0.142 e. The van der Waals surface area contributed by atoms with E-state index >= 15 is 0 Å².